The lowest BCUT2D eigenvalue weighted by Gasteiger charge is -2.08. The minimum absolute atomic E-state index is 0.0916. The fourth-order valence-corrected chi connectivity index (χ4v) is 1.38. The van der Waals surface area contributed by atoms with E-state index in [1.807, 2.05) is 30.3 Å². The normalized spacial score (nSPS) is 11.6. The molecule has 0 bridgehead atoms. The smallest absolute Gasteiger partial charge is 0.407 e. The van der Waals surface area contributed by atoms with Gasteiger partial charge < -0.3 is 20.3 Å². The summed E-state index contributed by atoms with van der Waals surface area (Å²) in [5, 5.41) is 19.9. The van der Waals surface area contributed by atoms with Crippen molar-refractivity contribution in [3.05, 3.63) is 35.9 Å². The topological polar surface area (TPSA) is 95.9 Å². The van der Waals surface area contributed by atoms with Gasteiger partial charge in [0.05, 0.1) is 0 Å². The van der Waals surface area contributed by atoms with E-state index in [4.69, 9.17) is 14.9 Å². The summed E-state index contributed by atoms with van der Waals surface area (Å²) in [6.07, 6.45) is -1.49. The lowest BCUT2D eigenvalue weighted by Crippen LogP contribution is -2.27. The zero-order valence-electron chi connectivity index (χ0n) is 10.4. The summed E-state index contributed by atoms with van der Waals surface area (Å²) in [6, 6.07) is 9.26. The third-order valence-corrected chi connectivity index (χ3v) is 2.42. The molecular formula is C13H17NO5. The first-order chi connectivity index (χ1) is 9.09. The lowest BCUT2D eigenvalue weighted by atomic mass is 10.2. The summed E-state index contributed by atoms with van der Waals surface area (Å²) < 4.78 is 4.95. The van der Waals surface area contributed by atoms with E-state index in [-0.39, 0.29) is 19.6 Å². The Bertz CT molecular complexity index is 407. The number of amides is 1. The SMILES string of the molecule is O=C(NCCCC(O)C(=O)O)OCc1ccccc1. The number of aliphatic hydroxyl groups excluding tert-OH is 1. The molecule has 1 atom stereocenters. The molecule has 1 unspecified atom stereocenters. The highest BCUT2D eigenvalue weighted by molar-refractivity contribution is 5.71. The summed E-state index contributed by atoms with van der Waals surface area (Å²) in [5.74, 6) is -1.26. The number of carbonyl (C=O) groups excluding carboxylic acids is 1. The van der Waals surface area contributed by atoms with Crippen LogP contribution in [0.3, 0.4) is 0 Å². The average Bonchev–Trinajstić information content (AvgIpc) is 2.42. The second-order valence-corrected chi connectivity index (χ2v) is 3.98. The Morgan fingerprint density at radius 3 is 2.58 bits per heavy atom. The molecule has 0 aliphatic heterocycles. The summed E-state index contributed by atoms with van der Waals surface area (Å²) in [7, 11) is 0. The van der Waals surface area contributed by atoms with Crippen LogP contribution >= 0.6 is 0 Å². The summed E-state index contributed by atoms with van der Waals surface area (Å²) in [5.41, 5.74) is 0.888. The van der Waals surface area contributed by atoms with E-state index in [0.717, 1.165) is 5.56 Å². The van der Waals surface area contributed by atoms with E-state index in [0.29, 0.717) is 6.42 Å². The van der Waals surface area contributed by atoms with E-state index < -0.39 is 18.2 Å². The van der Waals surface area contributed by atoms with Gasteiger partial charge >= 0.3 is 12.1 Å². The number of carboxylic acids is 1. The van der Waals surface area contributed by atoms with E-state index in [9.17, 15) is 9.59 Å². The van der Waals surface area contributed by atoms with Crippen molar-refractivity contribution in [1.82, 2.24) is 5.32 Å². The molecule has 0 aromatic heterocycles. The molecule has 6 nitrogen and oxygen atoms in total. The first-order valence-corrected chi connectivity index (χ1v) is 5.95. The highest BCUT2D eigenvalue weighted by Crippen LogP contribution is 2.00. The molecule has 1 aromatic rings. The Labute approximate surface area is 111 Å². The van der Waals surface area contributed by atoms with Gasteiger partial charge in [-0.3, -0.25) is 0 Å². The number of aliphatic carboxylic acids is 1. The highest BCUT2D eigenvalue weighted by Gasteiger charge is 2.12. The standard InChI is InChI=1S/C13H17NO5/c15-11(12(16)17)7-4-8-14-13(18)19-9-10-5-2-1-3-6-10/h1-3,5-6,11,15H,4,7-9H2,(H,14,18)(H,16,17). The molecule has 0 heterocycles. The summed E-state index contributed by atoms with van der Waals surface area (Å²) in [4.78, 5) is 21.6. The maximum absolute atomic E-state index is 11.3. The monoisotopic (exact) mass is 267 g/mol. The number of rotatable bonds is 7. The fraction of sp³-hybridized carbons (Fsp3) is 0.385. The maximum atomic E-state index is 11.3. The number of ether oxygens (including phenoxy) is 1. The van der Waals surface area contributed by atoms with Crippen molar-refractivity contribution in [2.75, 3.05) is 6.54 Å². The number of aliphatic hydroxyl groups is 1. The third kappa shape index (κ3) is 6.42. The van der Waals surface area contributed by atoms with Crippen LogP contribution in [0.1, 0.15) is 18.4 Å². The van der Waals surface area contributed by atoms with Crippen LogP contribution in [0.25, 0.3) is 0 Å². The molecule has 6 heteroatoms. The van der Waals surface area contributed by atoms with Crippen molar-refractivity contribution in [3.63, 3.8) is 0 Å². The summed E-state index contributed by atoms with van der Waals surface area (Å²) in [6.45, 7) is 0.447. The van der Waals surface area contributed by atoms with Gasteiger partial charge in [-0.15, -0.1) is 0 Å². The van der Waals surface area contributed by atoms with Crippen LogP contribution in [-0.2, 0) is 16.1 Å². The molecule has 0 saturated carbocycles. The quantitative estimate of drug-likeness (QED) is 0.644. The van der Waals surface area contributed by atoms with E-state index in [1.165, 1.54) is 0 Å². The van der Waals surface area contributed by atoms with Crippen LogP contribution in [0.5, 0.6) is 0 Å². The van der Waals surface area contributed by atoms with Crippen molar-refractivity contribution in [1.29, 1.82) is 0 Å². The number of carboxylic acid groups (broad SMARTS) is 1. The highest BCUT2D eigenvalue weighted by atomic mass is 16.5. The van der Waals surface area contributed by atoms with Crippen LogP contribution in [0.2, 0.25) is 0 Å². The van der Waals surface area contributed by atoms with Gasteiger partial charge in [0.25, 0.3) is 0 Å². The minimum atomic E-state index is -1.39. The van der Waals surface area contributed by atoms with Gasteiger partial charge in [-0.05, 0) is 18.4 Å². The zero-order valence-corrected chi connectivity index (χ0v) is 10.4. The van der Waals surface area contributed by atoms with Gasteiger partial charge in [-0.25, -0.2) is 9.59 Å². The molecule has 19 heavy (non-hydrogen) atoms. The largest absolute Gasteiger partial charge is 0.479 e. The zero-order chi connectivity index (χ0) is 14.1. The molecule has 0 fully saturated rings. The van der Waals surface area contributed by atoms with Crippen molar-refractivity contribution >= 4 is 12.1 Å². The number of carbonyl (C=O) groups is 2. The van der Waals surface area contributed by atoms with Crippen LogP contribution in [0.15, 0.2) is 30.3 Å². The first kappa shape index (κ1) is 15.0. The van der Waals surface area contributed by atoms with Crippen molar-refractivity contribution in [2.24, 2.45) is 0 Å². The molecule has 1 aromatic carbocycles. The average molecular weight is 267 g/mol. The predicted molar refractivity (Wildman–Crippen MR) is 67.5 cm³/mol. The van der Waals surface area contributed by atoms with Crippen LogP contribution < -0.4 is 5.32 Å². The van der Waals surface area contributed by atoms with E-state index in [2.05, 4.69) is 5.32 Å². The molecule has 104 valence electrons. The minimum Gasteiger partial charge on any atom is -0.479 e. The molecule has 1 rings (SSSR count). The second kappa shape index (κ2) is 8.10. The van der Waals surface area contributed by atoms with Crippen molar-refractivity contribution in [2.45, 2.75) is 25.6 Å². The summed E-state index contributed by atoms with van der Waals surface area (Å²) >= 11 is 0. The van der Waals surface area contributed by atoms with Crippen molar-refractivity contribution < 1.29 is 24.5 Å². The molecule has 0 radical (unpaired) electrons. The van der Waals surface area contributed by atoms with Gasteiger partial charge in [-0.1, -0.05) is 30.3 Å². The van der Waals surface area contributed by atoms with E-state index >= 15 is 0 Å². The second-order valence-electron chi connectivity index (χ2n) is 3.98. The van der Waals surface area contributed by atoms with Gasteiger partial charge in [0.15, 0.2) is 6.10 Å². The van der Waals surface area contributed by atoms with Gasteiger partial charge in [0, 0.05) is 6.54 Å². The molecule has 0 aliphatic rings. The molecule has 0 spiro atoms. The Morgan fingerprint density at radius 1 is 1.26 bits per heavy atom. The maximum Gasteiger partial charge on any atom is 0.407 e. The molecule has 0 saturated heterocycles. The molecule has 0 aliphatic carbocycles. The van der Waals surface area contributed by atoms with Gasteiger partial charge in [0.1, 0.15) is 6.61 Å². The Kier molecular flexibility index (Phi) is 6.38. The van der Waals surface area contributed by atoms with E-state index in [1.54, 1.807) is 0 Å². The van der Waals surface area contributed by atoms with Crippen LogP contribution in [0, 0.1) is 0 Å². The number of hydrogen-bond acceptors (Lipinski definition) is 4. The Hall–Kier alpha value is -2.08. The number of benzene rings is 1. The van der Waals surface area contributed by atoms with Gasteiger partial charge in [0.2, 0.25) is 0 Å². The first-order valence-electron chi connectivity index (χ1n) is 5.95. The third-order valence-electron chi connectivity index (χ3n) is 2.42. The molecular weight excluding hydrogens is 250 g/mol. The predicted octanol–water partition coefficient (Wildman–Crippen LogP) is 1.14. The molecule has 1 amide bonds. The Balaban J connectivity index is 2.10. The fourth-order valence-electron chi connectivity index (χ4n) is 1.38. The van der Waals surface area contributed by atoms with Crippen LogP contribution in [-0.4, -0.2) is 34.9 Å². The molecule has 3 N–H and O–H groups in total. The lowest BCUT2D eigenvalue weighted by molar-refractivity contribution is -0.146. The van der Waals surface area contributed by atoms with Gasteiger partial charge in [-0.2, -0.15) is 0 Å². The van der Waals surface area contributed by atoms with Crippen molar-refractivity contribution in [3.8, 4) is 0 Å². The number of hydrogen-bond donors (Lipinski definition) is 3. The number of alkyl carbamates (subject to hydrolysis) is 1. The number of nitrogens with one attached hydrogen (secondary N) is 1. The Morgan fingerprint density at radius 2 is 1.95 bits per heavy atom. The van der Waals surface area contributed by atoms with Crippen LogP contribution in [0.4, 0.5) is 4.79 Å².